The lowest BCUT2D eigenvalue weighted by molar-refractivity contribution is -0.122. The summed E-state index contributed by atoms with van der Waals surface area (Å²) in [5, 5.41) is 6.36. The van der Waals surface area contributed by atoms with Gasteiger partial charge in [-0.15, -0.1) is 6.58 Å². The monoisotopic (exact) mass is 210 g/mol. The van der Waals surface area contributed by atoms with E-state index in [1.165, 1.54) is 19.3 Å². The Morgan fingerprint density at radius 1 is 1.47 bits per heavy atom. The van der Waals surface area contributed by atoms with Crippen LogP contribution < -0.4 is 10.6 Å². The third kappa shape index (κ3) is 5.57. The molecule has 1 saturated heterocycles. The topological polar surface area (TPSA) is 41.1 Å². The van der Waals surface area contributed by atoms with E-state index in [0.717, 1.165) is 25.9 Å². The van der Waals surface area contributed by atoms with Crippen molar-refractivity contribution in [3.8, 4) is 0 Å². The van der Waals surface area contributed by atoms with Crippen molar-refractivity contribution in [2.75, 3.05) is 13.1 Å². The molecule has 1 fully saturated rings. The Morgan fingerprint density at radius 3 is 3.00 bits per heavy atom. The standard InChI is InChI=1S/C12H22N2O/c1-2-3-4-5-6-9-13-11-7-8-12(15)14-10-11/h2,11,13H,1,3-10H2,(H,14,15). The molecule has 1 heterocycles. The Balaban J connectivity index is 1.91. The molecule has 86 valence electrons. The first-order chi connectivity index (χ1) is 7.33. The minimum absolute atomic E-state index is 0.194. The van der Waals surface area contributed by atoms with E-state index in [4.69, 9.17) is 0 Å². The number of amides is 1. The second-order valence-electron chi connectivity index (χ2n) is 4.13. The molecule has 0 saturated carbocycles. The maximum Gasteiger partial charge on any atom is 0.220 e. The van der Waals surface area contributed by atoms with Gasteiger partial charge in [-0.2, -0.15) is 0 Å². The third-order valence-corrected chi connectivity index (χ3v) is 2.78. The van der Waals surface area contributed by atoms with Crippen molar-refractivity contribution in [1.82, 2.24) is 10.6 Å². The Labute approximate surface area is 92.3 Å². The summed E-state index contributed by atoms with van der Waals surface area (Å²) in [5.74, 6) is 0.194. The summed E-state index contributed by atoms with van der Waals surface area (Å²) in [7, 11) is 0. The Morgan fingerprint density at radius 2 is 2.33 bits per heavy atom. The number of carbonyl (C=O) groups excluding carboxylic acids is 1. The molecule has 0 aromatic rings. The van der Waals surface area contributed by atoms with Crippen LogP contribution in [0.3, 0.4) is 0 Å². The number of allylic oxidation sites excluding steroid dienone is 1. The predicted octanol–water partition coefficient (Wildman–Crippen LogP) is 1.60. The zero-order valence-corrected chi connectivity index (χ0v) is 9.43. The molecule has 0 aromatic heterocycles. The quantitative estimate of drug-likeness (QED) is 0.495. The number of rotatable bonds is 7. The fraction of sp³-hybridized carbons (Fsp3) is 0.750. The van der Waals surface area contributed by atoms with Crippen molar-refractivity contribution in [1.29, 1.82) is 0 Å². The second kappa shape index (κ2) is 7.46. The highest BCUT2D eigenvalue weighted by atomic mass is 16.1. The van der Waals surface area contributed by atoms with Crippen molar-refractivity contribution in [2.24, 2.45) is 0 Å². The lowest BCUT2D eigenvalue weighted by Gasteiger charge is -2.23. The molecule has 3 heteroatoms. The van der Waals surface area contributed by atoms with Crippen molar-refractivity contribution >= 4 is 5.91 Å². The van der Waals surface area contributed by atoms with Gasteiger partial charge in [-0.05, 0) is 32.2 Å². The van der Waals surface area contributed by atoms with E-state index in [1.54, 1.807) is 0 Å². The fourth-order valence-electron chi connectivity index (χ4n) is 1.80. The molecule has 15 heavy (non-hydrogen) atoms. The number of unbranched alkanes of at least 4 members (excludes halogenated alkanes) is 3. The highest BCUT2D eigenvalue weighted by Gasteiger charge is 2.16. The number of hydrogen-bond acceptors (Lipinski definition) is 2. The summed E-state index contributed by atoms with van der Waals surface area (Å²) >= 11 is 0. The van der Waals surface area contributed by atoms with Crippen LogP contribution in [0.4, 0.5) is 0 Å². The van der Waals surface area contributed by atoms with Gasteiger partial charge in [0.2, 0.25) is 5.91 Å². The van der Waals surface area contributed by atoms with Crippen LogP contribution in [-0.4, -0.2) is 25.0 Å². The molecule has 1 atom stereocenters. The maximum atomic E-state index is 10.9. The highest BCUT2D eigenvalue weighted by Crippen LogP contribution is 2.04. The van der Waals surface area contributed by atoms with E-state index in [9.17, 15) is 4.79 Å². The second-order valence-corrected chi connectivity index (χ2v) is 4.13. The van der Waals surface area contributed by atoms with Gasteiger partial charge in [-0.1, -0.05) is 12.5 Å². The highest BCUT2D eigenvalue weighted by molar-refractivity contribution is 5.76. The van der Waals surface area contributed by atoms with Crippen LogP contribution in [0.1, 0.15) is 38.5 Å². The average Bonchev–Trinajstić information content (AvgIpc) is 2.26. The number of nitrogens with one attached hydrogen (secondary N) is 2. The van der Waals surface area contributed by atoms with Crippen molar-refractivity contribution in [2.45, 2.75) is 44.6 Å². The number of carbonyl (C=O) groups is 1. The smallest absolute Gasteiger partial charge is 0.220 e. The molecule has 0 aliphatic carbocycles. The lowest BCUT2D eigenvalue weighted by atomic mass is 10.1. The van der Waals surface area contributed by atoms with E-state index in [-0.39, 0.29) is 5.91 Å². The molecule has 1 amide bonds. The molecule has 3 nitrogen and oxygen atoms in total. The first kappa shape index (κ1) is 12.2. The van der Waals surface area contributed by atoms with Crippen LogP contribution in [0.15, 0.2) is 12.7 Å². The van der Waals surface area contributed by atoms with Gasteiger partial charge in [0.25, 0.3) is 0 Å². The SMILES string of the molecule is C=CCCCCCNC1CCC(=O)NC1. The van der Waals surface area contributed by atoms with Gasteiger partial charge >= 0.3 is 0 Å². The molecule has 1 unspecified atom stereocenters. The van der Waals surface area contributed by atoms with Crippen LogP contribution in [0.2, 0.25) is 0 Å². The minimum Gasteiger partial charge on any atom is -0.355 e. The molecular weight excluding hydrogens is 188 g/mol. The Kier molecular flexibility index (Phi) is 6.09. The Bertz CT molecular complexity index is 194. The van der Waals surface area contributed by atoms with Gasteiger partial charge in [-0.25, -0.2) is 0 Å². The first-order valence-corrected chi connectivity index (χ1v) is 5.94. The molecule has 0 bridgehead atoms. The number of hydrogen-bond donors (Lipinski definition) is 2. The molecule has 2 N–H and O–H groups in total. The minimum atomic E-state index is 0.194. The zero-order chi connectivity index (χ0) is 10.9. The lowest BCUT2D eigenvalue weighted by Crippen LogP contribution is -2.45. The fourth-order valence-corrected chi connectivity index (χ4v) is 1.80. The Hall–Kier alpha value is -0.830. The van der Waals surface area contributed by atoms with Crippen LogP contribution in [0.25, 0.3) is 0 Å². The van der Waals surface area contributed by atoms with Gasteiger partial charge in [0, 0.05) is 19.0 Å². The zero-order valence-electron chi connectivity index (χ0n) is 9.43. The molecule has 1 rings (SSSR count). The molecule has 1 aliphatic rings. The van der Waals surface area contributed by atoms with E-state index in [2.05, 4.69) is 17.2 Å². The summed E-state index contributed by atoms with van der Waals surface area (Å²) in [6.45, 7) is 5.57. The van der Waals surface area contributed by atoms with E-state index >= 15 is 0 Å². The third-order valence-electron chi connectivity index (χ3n) is 2.78. The van der Waals surface area contributed by atoms with Crippen LogP contribution in [-0.2, 0) is 4.79 Å². The van der Waals surface area contributed by atoms with Gasteiger partial charge in [-0.3, -0.25) is 4.79 Å². The summed E-state index contributed by atoms with van der Waals surface area (Å²) in [6.07, 6.45) is 8.49. The first-order valence-electron chi connectivity index (χ1n) is 5.94. The van der Waals surface area contributed by atoms with Gasteiger partial charge in [0.15, 0.2) is 0 Å². The summed E-state index contributed by atoms with van der Waals surface area (Å²) in [4.78, 5) is 10.9. The van der Waals surface area contributed by atoms with E-state index in [0.29, 0.717) is 12.5 Å². The van der Waals surface area contributed by atoms with Gasteiger partial charge in [0.05, 0.1) is 0 Å². The summed E-state index contributed by atoms with van der Waals surface area (Å²) < 4.78 is 0. The maximum absolute atomic E-state index is 10.9. The van der Waals surface area contributed by atoms with Gasteiger partial charge < -0.3 is 10.6 Å². The average molecular weight is 210 g/mol. The number of piperidine rings is 1. The molecular formula is C12H22N2O. The van der Waals surface area contributed by atoms with Crippen LogP contribution >= 0.6 is 0 Å². The van der Waals surface area contributed by atoms with Crippen molar-refractivity contribution in [3.63, 3.8) is 0 Å². The summed E-state index contributed by atoms with van der Waals surface area (Å²) in [5.41, 5.74) is 0. The van der Waals surface area contributed by atoms with Crippen molar-refractivity contribution < 1.29 is 4.79 Å². The predicted molar refractivity (Wildman–Crippen MR) is 62.7 cm³/mol. The largest absolute Gasteiger partial charge is 0.355 e. The summed E-state index contributed by atoms with van der Waals surface area (Å²) in [6, 6.07) is 0.488. The molecule has 0 radical (unpaired) electrons. The van der Waals surface area contributed by atoms with E-state index in [1.807, 2.05) is 6.08 Å². The normalized spacial score (nSPS) is 21.1. The van der Waals surface area contributed by atoms with Crippen molar-refractivity contribution in [3.05, 3.63) is 12.7 Å². The molecule has 1 aliphatic heterocycles. The molecule has 0 spiro atoms. The van der Waals surface area contributed by atoms with Gasteiger partial charge in [0.1, 0.15) is 0 Å². The van der Waals surface area contributed by atoms with Crippen LogP contribution in [0.5, 0.6) is 0 Å². The van der Waals surface area contributed by atoms with E-state index < -0.39 is 0 Å². The molecule has 0 aromatic carbocycles. The van der Waals surface area contributed by atoms with Crippen LogP contribution in [0, 0.1) is 0 Å².